The molecule has 0 saturated carbocycles. The van der Waals surface area contributed by atoms with Crippen molar-refractivity contribution in [1.82, 2.24) is 15.4 Å². The van der Waals surface area contributed by atoms with Gasteiger partial charge in [-0.25, -0.2) is 4.79 Å². The first-order valence-corrected chi connectivity index (χ1v) is 8.03. The maximum atomic E-state index is 13.1. The van der Waals surface area contributed by atoms with Gasteiger partial charge in [0.1, 0.15) is 5.54 Å². The van der Waals surface area contributed by atoms with E-state index in [1.165, 1.54) is 4.90 Å². The molecule has 0 aliphatic carbocycles. The van der Waals surface area contributed by atoms with Gasteiger partial charge in [0.15, 0.2) is 5.76 Å². The first-order chi connectivity index (χ1) is 12.0. The third-order valence-corrected chi connectivity index (χ3v) is 4.59. The second kappa shape index (κ2) is 5.44. The van der Waals surface area contributed by atoms with Crippen LogP contribution in [0.15, 0.2) is 53.1 Å². The molecular weight excluding hydrogens is 318 g/mol. The number of carbonyl (C=O) groups excluding carboxylic acids is 2. The van der Waals surface area contributed by atoms with E-state index in [0.717, 1.165) is 16.3 Å². The second-order valence-electron chi connectivity index (χ2n) is 6.41. The Morgan fingerprint density at radius 2 is 1.92 bits per heavy atom. The summed E-state index contributed by atoms with van der Waals surface area (Å²) in [5.41, 5.74) is 0.367. The van der Waals surface area contributed by atoms with Crippen molar-refractivity contribution < 1.29 is 14.1 Å². The van der Waals surface area contributed by atoms with Gasteiger partial charge in [-0.2, -0.15) is 0 Å². The van der Waals surface area contributed by atoms with Crippen LogP contribution in [-0.4, -0.2) is 22.0 Å². The fourth-order valence-electron chi connectivity index (χ4n) is 3.33. The van der Waals surface area contributed by atoms with Crippen molar-refractivity contribution in [3.63, 3.8) is 0 Å². The van der Waals surface area contributed by atoms with Gasteiger partial charge in [0.05, 0.1) is 12.2 Å². The number of aromatic nitrogens is 1. The Bertz CT molecular complexity index is 989. The molecule has 0 unspecified atom stereocenters. The van der Waals surface area contributed by atoms with Crippen LogP contribution in [0.3, 0.4) is 0 Å². The lowest BCUT2D eigenvalue weighted by atomic mass is 9.88. The number of benzene rings is 2. The summed E-state index contributed by atoms with van der Waals surface area (Å²) in [5.74, 6) is 0.172. The number of fused-ring (bicyclic) bond motifs is 1. The summed E-state index contributed by atoms with van der Waals surface area (Å²) in [6.07, 6.45) is 0. The summed E-state index contributed by atoms with van der Waals surface area (Å²) in [7, 11) is 0. The highest BCUT2D eigenvalue weighted by Gasteiger charge is 2.49. The molecule has 6 heteroatoms. The fraction of sp³-hybridized carbons (Fsp3) is 0.211. The Morgan fingerprint density at radius 3 is 2.68 bits per heavy atom. The number of aryl methyl sites for hydroxylation is 1. The minimum Gasteiger partial charge on any atom is -0.359 e. The fourth-order valence-corrected chi connectivity index (χ4v) is 3.33. The Morgan fingerprint density at radius 1 is 1.16 bits per heavy atom. The van der Waals surface area contributed by atoms with E-state index in [1.807, 2.05) is 42.5 Å². The van der Waals surface area contributed by atoms with Crippen LogP contribution in [0.2, 0.25) is 0 Å². The summed E-state index contributed by atoms with van der Waals surface area (Å²) >= 11 is 0. The predicted molar refractivity (Wildman–Crippen MR) is 91.6 cm³/mol. The predicted octanol–water partition coefficient (Wildman–Crippen LogP) is 3.10. The molecule has 1 atom stereocenters. The van der Waals surface area contributed by atoms with Gasteiger partial charge in [-0.05, 0) is 30.2 Å². The van der Waals surface area contributed by atoms with Gasteiger partial charge < -0.3 is 9.84 Å². The van der Waals surface area contributed by atoms with Crippen LogP contribution in [0.25, 0.3) is 10.8 Å². The summed E-state index contributed by atoms with van der Waals surface area (Å²) in [6, 6.07) is 14.8. The van der Waals surface area contributed by atoms with E-state index in [0.29, 0.717) is 11.5 Å². The van der Waals surface area contributed by atoms with Crippen molar-refractivity contribution in [2.45, 2.75) is 25.9 Å². The Balaban J connectivity index is 1.74. The zero-order valence-corrected chi connectivity index (χ0v) is 13.9. The third-order valence-electron chi connectivity index (χ3n) is 4.59. The number of nitrogens with zero attached hydrogens (tertiary/aromatic N) is 2. The van der Waals surface area contributed by atoms with E-state index in [4.69, 9.17) is 4.52 Å². The Hall–Kier alpha value is -3.15. The quantitative estimate of drug-likeness (QED) is 0.746. The smallest absolute Gasteiger partial charge is 0.325 e. The molecule has 2 aromatic carbocycles. The highest BCUT2D eigenvalue weighted by molar-refractivity contribution is 6.09. The molecule has 1 fully saturated rings. The number of rotatable bonds is 3. The summed E-state index contributed by atoms with van der Waals surface area (Å²) in [4.78, 5) is 26.7. The van der Waals surface area contributed by atoms with Gasteiger partial charge in [-0.1, -0.05) is 47.6 Å². The van der Waals surface area contributed by atoms with Gasteiger partial charge in [0, 0.05) is 6.07 Å². The topological polar surface area (TPSA) is 75.4 Å². The molecule has 0 spiro atoms. The van der Waals surface area contributed by atoms with E-state index in [1.54, 1.807) is 19.9 Å². The van der Waals surface area contributed by atoms with Gasteiger partial charge in [-0.3, -0.25) is 9.69 Å². The number of amides is 3. The molecule has 4 rings (SSSR count). The van der Waals surface area contributed by atoms with E-state index >= 15 is 0 Å². The number of carbonyl (C=O) groups is 2. The van der Waals surface area contributed by atoms with E-state index in [-0.39, 0.29) is 12.5 Å². The molecule has 1 aromatic heterocycles. The Kier molecular flexibility index (Phi) is 3.35. The highest BCUT2D eigenvalue weighted by atomic mass is 16.5. The van der Waals surface area contributed by atoms with Crippen molar-refractivity contribution in [2.75, 3.05) is 0 Å². The minimum atomic E-state index is -1.12. The molecular formula is C19H17N3O3. The number of hydrogen-bond donors (Lipinski definition) is 1. The van der Waals surface area contributed by atoms with Crippen molar-refractivity contribution in [2.24, 2.45) is 0 Å². The zero-order valence-electron chi connectivity index (χ0n) is 13.9. The van der Waals surface area contributed by atoms with Crippen molar-refractivity contribution >= 4 is 22.7 Å². The van der Waals surface area contributed by atoms with Crippen LogP contribution in [-0.2, 0) is 16.9 Å². The molecule has 1 aliphatic heterocycles. The molecule has 126 valence electrons. The maximum Gasteiger partial charge on any atom is 0.325 e. The average Bonchev–Trinajstić information content (AvgIpc) is 3.11. The van der Waals surface area contributed by atoms with Gasteiger partial charge >= 0.3 is 6.03 Å². The highest BCUT2D eigenvalue weighted by Crippen LogP contribution is 2.34. The normalized spacial score (nSPS) is 20.3. The molecule has 25 heavy (non-hydrogen) atoms. The van der Waals surface area contributed by atoms with E-state index < -0.39 is 11.6 Å². The molecule has 0 radical (unpaired) electrons. The van der Waals surface area contributed by atoms with Gasteiger partial charge in [-0.15, -0.1) is 0 Å². The molecule has 3 amide bonds. The van der Waals surface area contributed by atoms with Crippen molar-refractivity contribution in [3.05, 3.63) is 65.5 Å². The molecule has 1 N–H and O–H groups in total. The molecule has 0 bridgehead atoms. The summed E-state index contributed by atoms with van der Waals surface area (Å²) in [5, 5.41) is 8.60. The van der Waals surface area contributed by atoms with Gasteiger partial charge in [0.25, 0.3) is 5.91 Å². The largest absolute Gasteiger partial charge is 0.359 e. The molecule has 1 saturated heterocycles. The number of imide groups is 1. The minimum absolute atomic E-state index is 0.0614. The third kappa shape index (κ3) is 2.38. The Labute approximate surface area is 144 Å². The molecule has 2 heterocycles. The molecule has 6 nitrogen and oxygen atoms in total. The zero-order chi connectivity index (χ0) is 17.6. The van der Waals surface area contributed by atoms with Crippen LogP contribution in [0, 0.1) is 6.92 Å². The lowest BCUT2D eigenvalue weighted by Crippen LogP contribution is -2.41. The monoisotopic (exact) mass is 335 g/mol. The summed E-state index contributed by atoms with van der Waals surface area (Å²) in [6.45, 7) is 3.59. The van der Waals surface area contributed by atoms with Gasteiger partial charge in [0.2, 0.25) is 0 Å². The van der Waals surface area contributed by atoms with Crippen LogP contribution in [0.1, 0.15) is 23.9 Å². The SMILES string of the molecule is Cc1cc(CN2C(=O)N[C@](C)(c3cccc4ccccc34)C2=O)on1. The van der Waals surface area contributed by atoms with E-state index in [2.05, 4.69) is 10.5 Å². The van der Waals surface area contributed by atoms with E-state index in [9.17, 15) is 9.59 Å². The van der Waals surface area contributed by atoms with Crippen LogP contribution < -0.4 is 5.32 Å². The lowest BCUT2D eigenvalue weighted by molar-refractivity contribution is -0.131. The average molecular weight is 335 g/mol. The number of hydrogen-bond acceptors (Lipinski definition) is 4. The second-order valence-corrected chi connectivity index (χ2v) is 6.41. The standard InChI is InChI=1S/C19H17N3O3/c1-12-10-14(25-21-12)11-22-17(23)19(2,20-18(22)24)16-9-5-7-13-6-3-4-8-15(13)16/h3-10H,11H2,1-2H3,(H,20,24)/t19-/m1/s1. The van der Waals surface area contributed by atoms with Crippen LogP contribution in [0.5, 0.6) is 0 Å². The van der Waals surface area contributed by atoms with Crippen molar-refractivity contribution in [1.29, 1.82) is 0 Å². The lowest BCUT2D eigenvalue weighted by Gasteiger charge is -2.23. The number of nitrogens with one attached hydrogen (secondary N) is 1. The maximum absolute atomic E-state index is 13.1. The molecule has 3 aromatic rings. The van der Waals surface area contributed by atoms with Crippen LogP contribution in [0.4, 0.5) is 4.79 Å². The molecule has 1 aliphatic rings. The van der Waals surface area contributed by atoms with Crippen LogP contribution >= 0.6 is 0 Å². The summed E-state index contributed by atoms with van der Waals surface area (Å²) < 4.78 is 5.14. The number of urea groups is 1. The first kappa shape index (κ1) is 15.4. The first-order valence-electron chi connectivity index (χ1n) is 8.03. The van der Waals surface area contributed by atoms with Crippen molar-refractivity contribution in [3.8, 4) is 0 Å².